The lowest BCUT2D eigenvalue weighted by Gasteiger charge is -2.08. The third-order valence-corrected chi connectivity index (χ3v) is 4.18. The molecule has 0 aliphatic heterocycles. The lowest BCUT2D eigenvalue weighted by molar-refractivity contribution is -0.137. The van der Waals surface area contributed by atoms with Crippen LogP contribution in [0.1, 0.15) is 5.56 Å². The van der Waals surface area contributed by atoms with Crippen LogP contribution in [0.15, 0.2) is 40.4 Å². The van der Waals surface area contributed by atoms with E-state index >= 15 is 0 Å². The molecule has 0 aliphatic rings. The fraction of sp³-hybridized carbons (Fsp3) is 0.0833. The minimum absolute atomic E-state index is 0.310. The molecule has 0 aliphatic carbocycles. The van der Waals surface area contributed by atoms with Gasteiger partial charge < -0.3 is 5.73 Å². The second-order valence-electron chi connectivity index (χ2n) is 3.79. The fourth-order valence-corrected chi connectivity index (χ4v) is 2.65. The van der Waals surface area contributed by atoms with Gasteiger partial charge in [-0.05, 0) is 46.9 Å². The number of nitrogens with zero attached hydrogens (tertiary/aromatic N) is 1. The average Bonchev–Trinajstić information content (AvgIpc) is 2.35. The molecule has 1 aromatic heterocycles. The molecule has 0 atom stereocenters. The summed E-state index contributed by atoms with van der Waals surface area (Å²) in [5.74, 6) is -0.436. The van der Waals surface area contributed by atoms with Crippen LogP contribution in [0.4, 0.5) is 23.2 Å². The van der Waals surface area contributed by atoms with Gasteiger partial charge in [-0.1, -0.05) is 11.8 Å². The Morgan fingerprint density at radius 1 is 1.20 bits per heavy atom. The Labute approximate surface area is 129 Å². The van der Waals surface area contributed by atoms with E-state index in [-0.39, 0.29) is 0 Å². The molecule has 0 radical (unpaired) electrons. The highest BCUT2D eigenvalue weighted by Crippen LogP contribution is 2.34. The molecule has 0 saturated carbocycles. The predicted molar refractivity (Wildman–Crippen MR) is 76.9 cm³/mol. The first-order chi connectivity index (χ1) is 9.27. The SMILES string of the molecule is Nc1cc(I)c(F)cc1Sc1ccc(C(F)(F)F)cn1. The molecule has 106 valence electrons. The molecule has 0 bridgehead atoms. The van der Waals surface area contributed by atoms with Crippen molar-refractivity contribution >= 4 is 40.0 Å². The summed E-state index contributed by atoms with van der Waals surface area (Å²) >= 11 is 2.82. The molecular formula is C12H7F4IN2S. The number of anilines is 1. The first kappa shape index (κ1) is 15.4. The van der Waals surface area contributed by atoms with Gasteiger partial charge in [0.25, 0.3) is 0 Å². The van der Waals surface area contributed by atoms with Crippen molar-refractivity contribution < 1.29 is 17.6 Å². The van der Waals surface area contributed by atoms with Crippen molar-refractivity contribution in [2.75, 3.05) is 5.73 Å². The van der Waals surface area contributed by atoms with Crippen LogP contribution in [0.5, 0.6) is 0 Å². The van der Waals surface area contributed by atoms with Crippen molar-refractivity contribution in [3.8, 4) is 0 Å². The van der Waals surface area contributed by atoms with E-state index in [1.807, 2.05) is 0 Å². The van der Waals surface area contributed by atoms with E-state index < -0.39 is 17.6 Å². The van der Waals surface area contributed by atoms with Crippen molar-refractivity contribution in [3.05, 3.63) is 45.4 Å². The number of aromatic nitrogens is 1. The highest BCUT2D eigenvalue weighted by molar-refractivity contribution is 14.1. The topological polar surface area (TPSA) is 38.9 Å². The summed E-state index contributed by atoms with van der Waals surface area (Å²) in [4.78, 5) is 4.11. The number of nitrogen functional groups attached to an aromatic ring is 1. The largest absolute Gasteiger partial charge is 0.417 e. The quantitative estimate of drug-likeness (QED) is 0.445. The molecule has 2 N–H and O–H groups in total. The molecule has 0 amide bonds. The number of benzene rings is 1. The first-order valence-electron chi connectivity index (χ1n) is 5.23. The molecule has 0 spiro atoms. The highest BCUT2D eigenvalue weighted by atomic mass is 127. The zero-order valence-corrected chi connectivity index (χ0v) is 12.7. The molecule has 1 aromatic carbocycles. The number of hydrogen-bond donors (Lipinski definition) is 1. The third kappa shape index (κ3) is 3.54. The van der Waals surface area contributed by atoms with E-state index in [9.17, 15) is 17.6 Å². The molecule has 0 fully saturated rings. The van der Waals surface area contributed by atoms with Crippen LogP contribution in [-0.2, 0) is 6.18 Å². The molecule has 20 heavy (non-hydrogen) atoms. The fourth-order valence-electron chi connectivity index (χ4n) is 1.35. The van der Waals surface area contributed by atoms with Gasteiger partial charge in [0.1, 0.15) is 10.8 Å². The molecule has 2 aromatic rings. The summed E-state index contributed by atoms with van der Waals surface area (Å²) in [5.41, 5.74) is 5.26. The van der Waals surface area contributed by atoms with Gasteiger partial charge in [0.15, 0.2) is 0 Å². The zero-order chi connectivity index (χ0) is 14.9. The maximum Gasteiger partial charge on any atom is 0.417 e. The Hall–Kier alpha value is -1.03. The van der Waals surface area contributed by atoms with Gasteiger partial charge >= 0.3 is 6.18 Å². The molecule has 1 heterocycles. The van der Waals surface area contributed by atoms with E-state index in [0.29, 0.717) is 19.2 Å². The Balaban J connectivity index is 2.25. The Morgan fingerprint density at radius 2 is 1.90 bits per heavy atom. The number of nitrogens with two attached hydrogens (primary N) is 1. The van der Waals surface area contributed by atoms with Gasteiger partial charge in [-0.15, -0.1) is 0 Å². The monoisotopic (exact) mass is 414 g/mol. The van der Waals surface area contributed by atoms with Crippen LogP contribution in [0, 0.1) is 9.39 Å². The molecule has 8 heteroatoms. The zero-order valence-electron chi connectivity index (χ0n) is 9.71. The minimum Gasteiger partial charge on any atom is -0.398 e. The van der Waals surface area contributed by atoms with E-state index in [1.54, 1.807) is 22.6 Å². The summed E-state index contributed by atoms with van der Waals surface area (Å²) in [6.07, 6.45) is -3.69. The van der Waals surface area contributed by atoms with E-state index in [4.69, 9.17) is 5.73 Å². The van der Waals surface area contributed by atoms with Gasteiger partial charge in [0, 0.05) is 16.8 Å². The molecule has 0 unspecified atom stereocenters. The maximum absolute atomic E-state index is 13.4. The maximum atomic E-state index is 13.4. The number of pyridine rings is 1. The first-order valence-corrected chi connectivity index (χ1v) is 7.12. The second kappa shape index (κ2) is 5.76. The summed E-state index contributed by atoms with van der Waals surface area (Å²) in [6, 6.07) is 4.85. The van der Waals surface area contributed by atoms with Gasteiger partial charge in [-0.3, -0.25) is 0 Å². The third-order valence-electron chi connectivity index (χ3n) is 2.33. The summed E-state index contributed by atoms with van der Waals surface area (Å²) in [5, 5.41) is 0.310. The van der Waals surface area contributed by atoms with E-state index in [2.05, 4.69) is 4.98 Å². The normalized spacial score (nSPS) is 11.7. The van der Waals surface area contributed by atoms with Crippen molar-refractivity contribution in [1.82, 2.24) is 4.98 Å². The number of alkyl halides is 3. The Morgan fingerprint density at radius 3 is 2.45 bits per heavy atom. The van der Waals surface area contributed by atoms with Gasteiger partial charge in [0.05, 0.1) is 9.13 Å². The Kier molecular flexibility index (Phi) is 4.43. The molecule has 2 nitrogen and oxygen atoms in total. The van der Waals surface area contributed by atoms with Crippen LogP contribution in [0.2, 0.25) is 0 Å². The molecule has 2 rings (SSSR count). The molecular weight excluding hydrogens is 407 g/mol. The van der Waals surface area contributed by atoms with Gasteiger partial charge in [-0.2, -0.15) is 13.2 Å². The van der Waals surface area contributed by atoms with E-state index in [0.717, 1.165) is 24.0 Å². The van der Waals surface area contributed by atoms with Crippen LogP contribution in [0.3, 0.4) is 0 Å². The number of hydrogen-bond acceptors (Lipinski definition) is 3. The van der Waals surface area contributed by atoms with Crippen molar-refractivity contribution in [1.29, 1.82) is 0 Å². The summed E-state index contributed by atoms with van der Waals surface area (Å²) in [7, 11) is 0. The average molecular weight is 414 g/mol. The van der Waals surface area contributed by atoms with Crippen LogP contribution >= 0.6 is 34.4 Å². The van der Waals surface area contributed by atoms with E-state index in [1.165, 1.54) is 18.2 Å². The highest BCUT2D eigenvalue weighted by Gasteiger charge is 2.30. The Bertz CT molecular complexity index is 629. The van der Waals surface area contributed by atoms with Crippen molar-refractivity contribution in [2.45, 2.75) is 16.1 Å². The number of rotatable bonds is 2. The second-order valence-corrected chi connectivity index (χ2v) is 6.01. The van der Waals surface area contributed by atoms with Gasteiger partial charge in [0.2, 0.25) is 0 Å². The standard InChI is InChI=1S/C12H7F4IN2S/c13-7-3-10(9(18)4-8(7)17)20-11-2-1-6(5-19-11)12(14,15)16/h1-5H,18H2. The predicted octanol–water partition coefficient (Wildman–Crippen LogP) is 4.58. The van der Waals surface area contributed by atoms with Crippen LogP contribution in [0.25, 0.3) is 0 Å². The lowest BCUT2D eigenvalue weighted by atomic mass is 10.3. The van der Waals surface area contributed by atoms with Crippen molar-refractivity contribution in [2.24, 2.45) is 0 Å². The van der Waals surface area contributed by atoms with Crippen molar-refractivity contribution in [3.63, 3.8) is 0 Å². The summed E-state index contributed by atoms with van der Waals surface area (Å²) in [6.45, 7) is 0. The smallest absolute Gasteiger partial charge is 0.398 e. The van der Waals surface area contributed by atoms with Crippen LogP contribution < -0.4 is 5.73 Å². The minimum atomic E-state index is -4.43. The van der Waals surface area contributed by atoms with Crippen LogP contribution in [-0.4, -0.2) is 4.98 Å². The lowest BCUT2D eigenvalue weighted by Crippen LogP contribution is -2.05. The number of halogens is 5. The molecule has 0 saturated heterocycles. The summed E-state index contributed by atoms with van der Waals surface area (Å²) < 4.78 is 51.0. The van der Waals surface area contributed by atoms with Gasteiger partial charge in [-0.25, -0.2) is 9.37 Å².